The molecule has 0 spiro atoms. The number of thioether (sulfide) groups is 1. The first-order chi connectivity index (χ1) is 16.2. The lowest BCUT2D eigenvalue weighted by Gasteiger charge is -2.20. The van der Waals surface area contributed by atoms with E-state index in [0.717, 1.165) is 16.9 Å². The zero-order valence-corrected chi connectivity index (χ0v) is 18.8. The molecular formula is C25H25N3O4S. The van der Waals surface area contributed by atoms with Crippen molar-refractivity contribution in [3.05, 3.63) is 112 Å². The number of nitrogens with zero attached hydrogens (tertiary/aromatic N) is 1. The maximum absolute atomic E-state index is 11.2. The van der Waals surface area contributed by atoms with Crippen LogP contribution in [-0.2, 0) is 23.7 Å². The molecule has 1 unspecified atom stereocenters. The second-order valence-electron chi connectivity index (χ2n) is 7.23. The summed E-state index contributed by atoms with van der Waals surface area (Å²) < 4.78 is 18.1. The maximum Gasteiger partial charge on any atom is 0.340 e. The number of rotatable bonds is 12. The van der Waals surface area contributed by atoms with Gasteiger partial charge in [0.05, 0.1) is 18.1 Å². The lowest BCUT2D eigenvalue weighted by atomic mass is 10.2. The summed E-state index contributed by atoms with van der Waals surface area (Å²) in [5.41, 5.74) is 1.85. The molecule has 0 aliphatic carbocycles. The SMILES string of the molecule is O=c1[nH]nc(CSCC(OCc2ccccc2)Oc2cccc(OCc3ccccc3)c2)[nH]1. The summed E-state index contributed by atoms with van der Waals surface area (Å²) >= 11 is 1.56. The van der Waals surface area contributed by atoms with Crippen molar-refractivity contribution >= 4 is 11.8 Å². The van der Waals surface area contributed by atoms with Crippen LogP contribution in [0.25, 0.3) is 0 Å². The molecular weight excluding hydrogens is 438 g/mol. The Morgan fingerprint density at radius 2 is 1.55 bits per heavy atom. The van der Waals surface area contributed by atoms with E-state index >= 15 is 0 Å². The molecule has 0 bridgehead atoms. The molecule has 7 nitrogen and oxygen atoms in total. The summed E-state index contributed by atoms with van der Waals surface area (Å²) in [5, 5.41) is 6.31. The molecule has 2 N–H and O–H groups in total. The molecule has 170 valence electrons. The van der Waals surface area contributed by atoms with Crippen LogP contribution in [0.1, 0.15) is 17.0 Å². The molecule has 4 aromatic rings. The van der Waals surface area contributed by atoms with Gasteiger partial charge in [-0.05, 0) is 23.3 Å². The van der Waals surface area contributed by atoms with E-state index < -0.39 is 6.29 Å². The molecule has 4 rings (SSSR count). The first kappa shape index (κ1) is 22.7. The number of H-pyrrole nitrogens is 2. The summed E-state index contributed by atoms with van der Waals surface area (Å²) in [4.78, 5) is 13.9. The molecule has 0 amide bonds. The predicted molar refractivity (Wildman–Crippen MR) is 128 cm³/mol. The minimum atomic E-state index is -0.495. The topological polar surface area (TPSA) is 89.2 Å². The van der Waals surface area contributed by atoms with E-state index in [1.54, 1.807) is 11.8 Å². The van der Waals surface area contributed by atoms with Crippen LogP contribution >= 0.6 is 11.8 Å². The van der Waals surface area contributed by atoms with E-state index in [4.69, 9.17) is 14.2 Å². The summed E-state index contributed by atoms with van der Waals surface area (Å²) in [6, 6.07) is 27.5. The fraction of sp³-hybridized carbons (Fsp3) is 0.200. The second-order valence-corrected chi connectivity index (χ2v) is 8.26. The van der Waals surface area contributed by atoms with Gasteiger partial charge >= 0.3 is 5.69 Å². The molecule has 0 fully saturated rings. The third-order valence-corrected chi connectivity index (χ3v) is 5.63. The third kappa shape index (κ3) is 7.55. The smallest absolute Gasteiger partial charge is 0.340 e. The summed E-state index contributed by atoms with van der Waals surface area (Å²) in [6.07, 6.45) is -0.495. The Kier molecular flexibility index (Phi) is 8.21. The van der Waals surface area contributed by atoms with Gasteiger partial charge in [-0.25, -0.2) is 9.89 Å². The number of aromatic nitrogens is 3. The highest BCUT2D eigenvalue weighted by molar-refractivity contribution is 7.98. The normalized spacial score (nSPS) is 11.8. The van der Waals surface area contributed by atoms with E-state index in [1.807, 2.05) is 84.9 Å². The number of ether oxygens (including phenoxy) is 3. The Balaban J connectivity index is 1.36. The highest BCUT2D eigenvalue weighted by Gasteiger charge is 2.13. The third-order valence-electron chi connectivity index (χ3n) is 4.64. The maximum atomic E-state index is 11.2. The van der Waals surface area contributed by atoms with Crippen LogP contribution in [0, 0.1) is 0 Å². The summed E-state index contributed by atoms with van der Waals surface area (Å²) in [7, 11) is 0. The lowest BCUT2D eigenvalue weighted by Crippen LogP contribution is -2.23. The highest BCUT2D eigenvalue weighted by Crippen LogP contribution is 2.23. The van der Waals surface area contributed by atoms with E-state index in [-0.39, 0.29) is 5.69 Å². The van der Waals surface area contributed by atoms with Crippen molar-refractivity contribution in [1.29, 1.82) is 0 Å². The monoisotopic (exact) mass is 463 g/mol. The molecule has 0 aliphatic rings. The van der Waals surface area contributed by atoms with Gasteiger partial charge in [0.15, 0.2) is 0 Å². The van der Waals surface area contributed by atoms with Crippen molar-refractivity contribution in [2.45, 2.75) is 25.3 Å². The van der Waals surface area contributed by atoms with Crippen LogP contribution in [0.5, 0.6) is 11.5 Å². The van der Waals surface area contributed by atoms with Gasteiger partial charge in [-0.1, -0.05) is 66.7 Å². The molecule has 8 heteroatoms. The van der Waals surface area contributed by atoms with Crippen molar-refractivity contribution in [1.82, 2.24) is 15.2 Å². The Hall–Kier alpha value is -3.49. The average molecular weight is 464 g/mol. The molecule has 1 atom stereocenters. The van der Waals surface area contributed by atoms with E-state index in [2.05, 4.69) is 15.2 Å². The molecule has 0 radical (unpaired) electrons. The van der Waals surface area contributed by atoms with Crippen molar-refractivity contribution in [2.75, 3.05) is 5.75 Å². The van der Waals surface area contributed by atoms with Gasteiger partial charge in [0.2, 0.25) is 6.29 Å². The minimum absolute atomic E-state index is 0.314. The van der Waals surface area contributed by atoms with Crippen LogP contribution in [0.15, 0.2) is 89.7 Å². The van der Waals surface area contributed by atoms with Gasteiger partial charge in [-0.3, -0.25) is 4.98 Å². The van der Waals surface area contributed by atoms with Crippen molar-refractivity contribution in [3.8, 4) is 11.5 Å². The van der Waals surface area contributed by atoms with Gasteiger partial charge in [0, 0.05) is 6.07 Å². The standard InChI is InChI=1S/C25H25N3O4S/c29-25-26-23(27-28-25)17-33-18-24(31-16-20-10-5-2-6-11-20)32-22-13-7-12-21(14-22)30-15-19-8-3-1-4-9-19/h1-14,24H,15-18H2,(H2,26,27,28,29). The van der Waals surface area contributed by atoms with Crippen LogP contribution in [-0.4, -0.2) is 27.2 Å². The largest absolute Gasteiger partial charge is 0.489 e. The summed E-state index contributed by atoms with van der Waals surface area (Å²) in [6.45, 7) is 0.908. The number of nitrogens with one attached hydrogen (secondary N) is 2. The van der Waals surface area contributed by atoms with Crippen LogP contribution in [0.4, 0.5) is 0 Å². The minimum Gasteiger partial charge on any atom is -0.489 e. The average Bonchev–Trinajstić information content (AvgIpc) is 3.27. The molecule has 0 saturated carbocycles. The quantitative estimate of drug-likeness (QED) is 0.300. The lowest BCUT2D eigenvalue weighted by molar-refractivity contribution is -0.0725. The molecule has 3 aromatic carbocycles. The van der Waals surface area contributed by atoms with Crippen molar-refractivity contribution in [2.24, 2.45) is 0 Å². The number of benzene rings is 3. The molecule has 33 heavy (non-hydrogen) atoms. The Bertz CT molecular complexity index is 1160. The molecule has 1 heterocycles. The molecule has 0 aliphatic heterocycles. The van der Waals surface area contributed by atoms with Gasteiger partial charge in [-0.2, -0.15) is 5.10 Å². The van der Waals surface area contributed by atoms with Crippen molar-refractivity contribution in [3.63, 3.8) is 0 Å². The predicted octanol–water partition coefficient (Wildman–Crippen LogP) is 4.53. The molecule has 0 saturated heterocycles. The van der Waals surface area contributed by atoms with E-state index in [1.165, 1.54) is 0 Å². The van der Waals surface area contributed by atoms with Gasteiger partial charge in [-0.15, -0.1) is 11.8 Å². The van der Waals surface area contributed by atoms with Gasteiger partial charge in [0.25, 0.3) is 0 Å². The number of hydrogen-bond acceptors (Lipinski definition) is 6. The fourth-order valence-electron chi connectivity index (χ4n) is 3.03. The highest BCUT2D eigenvalue weighted by atomic mass is 32.2. The van der Waals surface area contributed by atoms with Gasteiger partial charge < -0.3 is 14.2 Å². The fourth-order valence-corrected chi connectivity index (χ4v) is 3.84. The number of hydrogen-bond donors (Lipinski definition) is 2. The van der Waals surface area contributed by atoms with Crippen LogP contribution in [0.3, 0.4) is 0 Å². The first-order valence-corrected chi connectivity index (χ1v) is 11.7. The Labute approximate surface area is 196 Å². The van der Waals surface area contributed by atoms with E-state index in [0.29, 0.717) is 36.3 Å². The number of aromatic amines is 2. The van der Waals surface area contributed by atoms with E-state index in [9.17, 15) is 4.79 Å². The Morgan fingerprint density at radius 3 is 2.24 bits per heavy atom. The Morgan fingerprint density at radius 1 is 0.848 bits per heavy atom. The second kappa shape index (κ2) is 11.9. The van der Waals surface area contributed by atoms with Crippen LogP contribution < -0.4 is 15.2 Å². The zero-order valence-electron chi connectivity index (χ0n) is 18.0. The van der Waals surface area contributed by atoms with Gasteiger partial charge in [0.1, 0.15) is 23.9 Å². The summed E-state index contributed by atoms with van der Waals surface area (Å²) in [5.74, 6) is 3.06. The molecule has 1 aromatic heterocycles. The first-order valence-electron chi connectivity index (χ1n) is 10.5. The zero-order chi connectivity index (χ0) is 22.7. The van der Waals surface area contributed by atoms with Crippen LogP contribution in [0.2, 0.25) is 0 Å². The van der Waals surface area contributed by atoms with Crippen molar-refractivity contribution < 1.29 is 14.2 Å².